The minimum Gasteiger partial charge on any atom is -0.497 e. The van der Waals surface area contributed by atoms with Gasteiger partial charge in [-0.15, -0.1) is 24.0 Å². The highest BCUT2D eigenvalue weighted by Crippen LogP contribution is 2.22. The van der Waals surface area contributed by atoms with Crippen molar-refractivity contribution in [2.45, 2.75) is 20.3 Å². The molecule has 1 aliphatic heterocycles. The number of carbonyl (C=O) groups excluding carboxylic acids is 1. The number of piperazine rings is 1. The zero-order chi connectivity index (χ0) is 22.1. The fourth-order valence-electron chi connectivity index (χ4n) is 3.66. The molecule has 1 amide bonds. The molecule has 0 bridgehead atoms. The summed E-state index contributed by atoms with van der Waals surface area (Å²) in [6.45, 7) is 8.93. The summed E-state index contributed by atoms with van der Waals surface area (Å²) >= 11 is 0. The molecule has 7 nitrogen and oxygen atoms in total. The number of carbonyl (C=O) groups is 1. The Morgan fingerprint density at radius 2 is 1.81 bits per heavy atom. The number of nitrogens with one attached hydrogen (secondary N) is 2. The maximum Gasteiger partial charge on any atom is 0.221 e. The van der Waals surface area contributed by atoms with Crippen LogP contribution in [0.15, 0.2) is 53.5 Å². The molecule has 0 aromatic heterocycles. The molecule has 0 unspecified atom stereocenters. The van der Waals surface area contributed by atoms with Crippen molar-refractivity contribution in [3.63, 3.8) is 0 Å². The summed E-state index contributed by atoms with van der Waals surface area (Å²) in [5, 5.41) is 6.23. The van der Waals surface area contributed by atoms with E-state index in [9.17, 15) is 4.79 Å². The van der Waals surface area contributed by atoms with E-state index < -0.39 is 0 Å². The Labute approximate surface area is 208 Å². The molecule has 1 fully saturated rings. The summed E-state index contributed by atoms with van der Waals surface area (Å²) in [6.07, 6.45) is 0.860. The predicted octanol–water partition coefficient (Wildman–Crippen LogP) is 3.60. The Morgan fingerprint density at radius 1 is 1.09 bits per heavy atom. The van der Waals surface area contributed by atoms with E-state index in [1.165, 1.54) is 18.2 Å². The summed E-state index contributed by atoms with van der Waals surface area (Å²) in [5.74, 6) is 1.81. The molecule has 0 saturated carbocycles. The van der Waals surface area contributed by atoms with Crippen LogP contribution in [0.2, 0.25) is 0 Å². The SMILES string of the molecule is CCNC(=NCCc1ccc(NC(C)=O)cc1)N1CCN(c2cccc(OC)c2)CC1.I. The van der Waals surface area contributed by atoms with Crippen LogP contribution in [0, 0.1) is 0 Å². The highest BCUT2D eigenvalue weighted by atomic mass is 127. The van der Waals surface area contributed by atoms with E-state index in [2.05, 4.69) is 39.5 Å². The van der Waals surface area contributed by atoms with E-state index in [0.29, 0.717) is 0 Å². The van der Waals surface area contributed by atoms with Crippen LogP contribution in [0.5, 0.6) is 5.75 Å². The van der Waals surface area contributed by atoms with Gasteiger partial charge in [-0.05, 0) is 43.2 Å². The van der Waals surface area contributed by atoms with Crippen LogP contribution in [0.1, 0.15) is 19.4 Å². The molecular weight excluding hydrogens is 517 g/mol. The van der Waals surface area contributed by atoms with Gasteiger partial charge in [-0.1, -0.05) is 18.2 Å². The highest BCUT2D eigenvalue weighted by molar-refractivity contribution is 14.0. The zero-order valence-electron chi connectivity index (χ0n) is 19.1. The molecule has 2 aromatic rings. The summed E-state index contributed by atoms with van der Waals surface area (Å²) in [7, 11) is 1.70. The molecule has 8 heteroatoms. The number of hydrogen-bond acceptors (Lipinski definition) is 4. The third-order valence-electron chi connectivity index (χ3n) is 5.27. The van der Waals surface area contributed by atoms with E-state index in [1.807, 2.05) is 36.4 Å². The normalized spacial score (nSPS) is 13.9. The number of amides is 1. The average molecular weight is 551 g/mol. The molecule has 1 aliphatic rings. The molecule has 1 heterocycles. The number of benzene rings is 2. The first-order valence-corrected chi connectivity index (χ1v) is 10.9. The van der Waals surface area contributed by atoms with E-state index >= 15 is 0 Å². The van der Waals surface area contributed by atoms with Crippen LogP contribution in [0.25, 0.3) is 0 Å². The molecule has 0 atom stereocenters. The maximum atomic E-state index is 11.1. The molecule has 174 valence electrons. The van der Waals surface area contributed by atoms with Crippen molar-refractivity contribution in [1.82, 2.24) is 10.2 Å². The minimum atomic E-state index is -0.0564. The summed E-state index contributed by atoms with van der Waals surface area (Å²) in [6, 6.07) is 16.2. The summed E-state index contributed by atoms with van der Waals surface area (Å²) < 4.78 is 5.36. The van der Waals surface area contributed by atoms with Crippen molar-refractivity contribution in [3.05, 3.63) is 54.1 Å². The van der Waals surface area contributed by atoms with Gasteiger partial charge in [-0.2, -0.15) is 0 Å². The Hall–Kier alpha value is -2.49. The van der Waals surface area contributed by atoms with Gasteiger partial charge in [0, 0.05) is 63.6 Å². The molecule has 1 saturated heterocycles. The van der Waals surface area contributed by atoms with Crippen LogP contribution in [-0.2, 0) is 11.2 Å². The first kappa shape index (κ1) is 25.8. The second-order valence-electron chi connectivity index (χ2n) is 7.54. The number of hydrogen-bond donors (Lipinski definition) is 2. The molecule has 2 N–H and O–H groups in total. The van der Waals surface area contributed by atoms with Crippen molar-refractivity contribution in [2.24, 2.45) is 4.99 Å². The van der Waals surface area contributed by atoms with Crippen LogP contribution in [0.4, 0.5) is 11.4 Å². The Morgan fingerprint density at radius 3 is 2.44 bits per heavy atom. The fourth-order valence-corrected chi connectivity index (χ4v) is 3.66. The number of rotatable bonds is 7. The topological polar surface area (TPSA) is 69.2 Å². The van der Waals surface area contributed by atoms with Crippen molar-refractivity contribution in [1.29, 1.82) is 0 Å². The van der Waals surface area contributed by atoms with Crippen LogP contribution in [-0.4, -0.2) is 63.1 Å². The number of aliphatic imine (C=N–C) groups is 1. The van der Waals surface area contributed by atoms with Crippen LogP contribution < -0.4 is 20.3 Å². The van der Waals surface area contributed by atoms with Crippen molar-refractivity contribution < 1.29 is 9.53 Å². The average Bonchev–Trinajstić information content (AvgIpc) is 2.79. The summed E-state index contributed by atoms with van der Waals surface area (Å²) in [4.78, 5) is 20.7. The molecule has 3 rings (SSSR count). The lowest BCUT2D eigenvalue weighted by atomic mass is 10.1. The van der Waals surface area contributed by atoms with Gasteiger partial charge < -0.3 is 25.2 Å². The largest absolute Gasteiger partial charge is 0.497 e. The van der Waals surface area contributed by atoms with Crippen molar-refractivity contribution in [2.75, 3.05) is 56.6 Å². The van der Waals surface area contributed by atoms with Crippen molar-refractivity contribution in [3.8, 4) is 5.75 Å². The van der Waals surface area contributed by atoms with Gasteiger partial charge in [-0.3, -0.25) is 9.79 Å². The Balaban J connectivity index is 0.00000363. The number of nitrogens with zero attached hydrogens (tertiary/aromatic N) is 3. The molecule has 0 spiro atoms. The van der Waals surface area contributed by atoms with E-state index in [-0.39, 0.29) is 29.9 Å². The molecular formula is C24H34IN5O2. The van der Waals surface area contributed by atoms with Crippen LogP contribution in [0.3, 0.4) is 0 Å². The smallest absolute Gasteiger partial charge is 0.221 e. The van der Waals surface area contributed by atoms with E-state index in [4.69, 9.17) is 9.73 Å². The first-order chi connectivity index (χ1) is 15.1. The minimum absolute atomic E-state index is 0. The summed E-state index contributed by atoms with van der Waals surface area (Å²) in [5.41, 5.74) is 3.22. The fraction of sp³-hybridized carbons (Fsp3) is 0.417. The van der Waals surface area contributed by atoms with Gasteiger partial charge in [0.2, 0.25) is 5.91 Å². The second kappa shape index (κ2) is 13.1. The van der Waals surface area contributed by atoms with E-state index in [1.54, 1.807) is 7.11 Å². The maximum absolute atomic E-state index is 11.1. The van der Waals surface area contributed by atoms with E-state index in [0.717, 1.165) is 63.1 Å². The number of halogens is 1. The standard InChI is InChI=1S/C24H33N5O2.HI/c1-4-25-24(26-13-12-20-8-10-21(11-9-20)27-19(2)30)29-16-14-28(15-17-29)22-6-5-7-23(18-22)31-3;/h5-11,18H,4,12-17H2,1-3H3,(H,25,26)(H,27,30);1H. The van der Waals surface area contributed by atoms with Gasteiger partial charge in [0.1, 0.15) is 5.75 Å². The second-order valence-corrected chi connectivity index (χ2v) is 7.54. The van der Waals surface area contributed by atoms with Gasteiger partial charge in [0.05, 0.1) is 7.11 Å². The van der Waals surface area contributed by atoms with Gasteiger partial charge in [0.25, 0.3) is 0 Å². The van der Waals surface area contributed by atoms with Gasteiger partial charge in [-0.25, -0.2) is 0 Å². The monoisotopic (exact) mass is 551 g/mol. The lowest BCUT2D eigenvalue weighted by Gasteiger charge is -2.37. The Kier molecular flexibility index (Phi) is 10.6. The first-order valence-electron chi connectivity index (χ1n) is 10.9. The van der Waals surface area contributed by atoms with Gasteiger partial charge in [0.15, 0.2) is 5.96 Å². The van der Waals surface area contributed by atoms with Gasteiger partial charge >= 0.3 is 0 Å². The van der Waals surface area contributed by atoms with Crippen LogP contribution >= 0.6 is 24.0 Å². The molecule has 2 aromatic carbocycles. The number of anilines is 2. The Bertz CT molecular complexity index is 880. The highest BCUT2D eigenvalue weighted by Gasteiger charge is 2.20. The predicted molar refractivity (Wildman–Crippen MR) is 143 cm³/mol. The third-order valence-corrected chi connectivity index (χ3v) is 5.27. The lowest BCUT2D eigenvalue weighted by Crippen LogP contribution is -2.52. The number of guanidine groups is 1. The molecule has 0 radical (unpaired) electrons. The lowest BCUT2D eigenvalue weighted by molar-refractivity contribution is -0.114. The number of ether oxygens (including phenoxy) is 1. The quantitative estimate of drug-likeness (QED) is 0.313. The third kappa shape index (κ3) is 7.58. The number of methoxy groups -OCH3 is 1. The zero-order valence-corrected chi connectivity index (χ0v) is 21.5. The van der Waals surface area contributed by atoms with Crippen molar-refractivity contribution >= 4 is 47.2 Å². The molecule has 0 aliphatic carbocycles. The molecule has 32 heavy (non-hydrogen) atoms.